The van der Waals surface area contributed by atoms with E-state index in [1.54, 1.807) is 0 Å². The van der Waals surface area contributed by atoms with Crippen LogP contribution in [0.25, 0.3) is 33.1 Å². The lowest BCUT2D eigenvalue weighted by Gasteiger charge is -2.26. The molecule has 1 amide bonds. The van der Waals surface area contributed by atoms with Crippen molar-refractivity contribution in [3.63, 3.8) is 0 Å². The first-order valence-corrected chi connectivity index (χ1v) is 10.1. The van der Waals surface area contributed by atoms with E-state index < -0.39 is 0 Å². The molecule has 4 heterocycles. The maximum Gasteiger partial charge on any atom is 0.245 e. The largest absolute Gasteiger partial charge is 0.383 e. The molecule has 3 aromatic heterocycles. The highest BCUT2D eigenvalue weighted by Crippen LogP contribution is 2.39. The van der Waals surface area contributed by atoms with Gasteiger partial charge in [0.05, 0.1) is 10.9 Å². The number of hydrogen-bond acceptors (Lipinski definition) is 5. The molecular weight excluding hydrogens is 400 g/mol. The highest BCUT2D eigenvalue weighted by molar-refractivity contribution is 6.26. The number of carbonyl (C=O) groups is 1. The van der Waals surface area contributed by atoms with Gasteiger partial charge in [-0.1, -0.05) is 29.8 Å². The summed E-state index contributed by atoms with van der Waals surface area (Å²) >= 11 is 5.52. The van der Waals surface area contributed by atoms with Crippen LogP contribution in [0.4, 0.5) is 5.82 Å². The predicted octanol–water partition coefficient (Wildman–Crippen LogP) is 3.41. The van der Waals surface area contributed by atoms with Gasteiger partial charge in [-0.15, -0.1) is 0 Å². The van der Waals surface area contributed by atoms with Gasteiger partial charge in [-0.25, -0.2) is 9.97 Å². The van der Waals surface area contributed by atoms with Gasteiger partial charge in [-0.05, 0) is 25.0 Å². The first kappa shape index (κ1) is 18.6. The first-order valence-electron chi connectivity index (χ1n) is 9.69. The molecule has 0 saturated carbocycles. The van der Waals surface area contributed by atoms with E-state index in [2.05, 4.69) is 30.9 Å². The van der Waals surface area contributed by atoms with Crippen LogP contribution in [0.3, 0.4) is 0 Å². The molecule has 0 aliphatic carbocycles. The van der Waals surface area contributed by atoms with Gasteiger partial charge in [0.25, 0.3) is 0 Å². The third-order valence-electron chi connectivity index (χ3n) is 5.55. The van der Waals surface area contributed by atoms with E-state index in [9.17, 15) is 4.79 Å². The number of rotatable bonds is 3. The fraction of sp³-hybridized carbons (Fsp3) is 0.182. The zero-order chi connectivity index (χ0) is 20.7. The van der Waals surface area contributed by atoms with E-state index in [0.29, 0.717) is 12.4 Å². The highest BCUT2D eigenvalue weighted by atomic mass is 35.5. The Bertz CT molecular complexity index is 1310. The van der Waals surface area contributed by atoms with Crippen LogP contribution in [0.1, 0.15) is 12.1 Å². The van der Waals surface area contributed by atoms with Crippen molar-refractivity contribution in [1.29, 1.82) is 0 Å². The van der Waals surface area contributed by atoms with Crippen molar-refractivity contribution in [2.75, 3.05) is 5.73 Å². The summed E-state index contributed by atoms with van der Waals surface area (Å²) < 4.78 is 2.14. The Morgan fingerprint density at radius 3 is 3.00 bits per heavy atom. The smallest absolute Gasteiger partial charge is 0.245 e. The summed E-state index contributed by atoms with van der Waals surface area (Å²) in [4.78, 5) is 25.3. The van der Waals surface area contributed by atoms with Crippen LogP contribution in [0.15, 0.2) is 54.5 Å². The molecule has 3 N–H and O–H groups in total. The fourth-order valence-electron chi connectivity index (χ4n) is 4.26. The molecule has 0 bridgehead atoms. The van der Waals surface area contributed by atoms with Gasteiger partial charge >= 0.3 is 0 Å². The van der Waals surface area contributed by atoms with Gasteiger partial charge < -0.3 is 15.6 Å². The number of pyridine rings is 1. The Labute approximate surface area is 177 Å². The number of nitrogens with zero attached hydrogens (tertiary/aromatic N) is 4. The lowest BCUT2D eigenvalue weighted by molar-refractivity contribution is -0.117. The number of aromatic nitrogens is 4. The molecule has 4 aromatic rings. The number of amides is 1. The van der Waals surface area contributed by atoms with Gasteiger partial charge in [0.2, 0.25) is 5.91 Å². The topological polar surface area (TPSA) is 98.7 Å². The maximum atomic E-state index is 11.9. The molecule has 1 aliphatic rings. The van der Waals surface area contributed by atoms with Crippen LogP contribution < -0.4 is 11.1 Å². The van der Waals surface area contributed by atoms with E-state index in [4.69, 9.17) is 17.3 Å². The highest BCUT2D eigenvalue weighted by Gasteiger charge is 2.28. The van der Waals surface area contributed by atoms with Gasteiger partial charge in [-0.2, -0.15) is 0 Å². The molecule has 8 heteroatoms. The minimum atomic E-state index is -0.206. The number of carbonyl (C=O) groups excluding carboxylic acids is 1. The minimum Gasteiger partial charge on any atom is -0.383 e. The number of nitrogens with two attached hydrogens (primary N) is 1. The molecule has 30 heavy (non-hydrogen) atoms. The molecule has 1 aliphatic heterocycles. The van der Waals surface area contributed by atoms with Crippen LogP contribution in [-0.4, -0.2) is 31.5 Å². The van der Waals surface area contributed by atoms with Gasteiger partial charge in [0.15, 0.2) is 0 Å². The average Bonchev–Trinajstić information content (AvgIpc) is 3.09. The molecule has 1 atom stereocenters. The number of benzene rings is 1. The fourth-order valence-corrected chi connectivity index (χ4v) is 4.38. The summed E-state index contributed by atoms with van der Waals surface area (Å²) in [7, 11) is 0. The Morgan fingerprint density at radius 2 is 2.13 bits per heavy atom. The van der Waals surface area contributed by atoms with Crippen molar-refractivity contribution in [3.05, 3.63) is 60.2 Å². The molecule has 5 rings (SSSR count). The number of fused-ring (bicyclic) bond motifs is 4. The van der Waals surface area contributed by atoms with Crippen LogP contribution in [0, 0.1) is 0 Å². The number of nitrogens with one attached hydrogen (secondary N) is 1. The number of para-hydroxylation sites is 1. The molecule has 0 fully saturated rings. The first-order chi connectivity index (χ1) is 14.7. The Kier molecular flexibility index (Phi) is 4.59. The average molecular weight is 419 g/mol. The van der Waals surface area contributed by atoms with E-state index in [1.807, 2.05) is 30.5 Å². The Balaban J connectivity index is 1.66. The second-order valence-corrected chi connectivity index (χ2v) is 7.60. The zero-order valence-electron chi connectivity index (χ0n) is 16.0. The lowest BCUT2D eigenvalue weighted by atomic mass is 9.97. The summed E-state index contributed by atoms with van der Waals surface area (Å²) in [6.45, 7) is 0.602. The number of hydrogen-bond donors (Lipinski definition) is 2. The van der Waals surface area contributed by atoms with Gasteiger partial charge in [-0.3, -0.25) is 9.78 Å². The zero-order valence-corrected chi connectivity index (χ0v) is 16.8. The van der Waals surface area contributed by atoms with Crippen molar-refractivity contribution in [2.45, 2.75) is 25.4 Å². The number of anilines is 1. The van der Waals surface area contributed by atoms with E-state index in [0.717, 1.165) is 51.6 Å². The van der Waals surface area contributed by atoms with Crippen molar-refractivity contribution < 1.29 is 4.79 Å². The van der Waals surface area contributed by atoms with Crippen LogP contribution in [0.2, 0.25) is 0 Å². The Hall–Kier alpha value is -3.45. The van der Waals surface area contributed by atoms with Crippen LogP contribution >= 0.6 is 11.6 Å². The monoisotopic (exact) mass is 418 g/mol. The third kappa shape index (κ3) is 3.07. The normalized spacial score (nSPS) is 16.2. The molecule has 0 saturated heterocycles. The van der Waals surface area contributed by atoms with E-state index in [-0.39, 0.29) is 11.9 Å². The maximum absolute atomic E-state index is 11.9. The van der Waals surface area contributed by atoms with Crippen LogP contribution in [-0.2, 0) is 17.8 Å². The number of halogens is 1. The van der Waals surface area contributed by atoms with Gasteiger partial charge in [0, 0.05) is 52.6 Å². The van der Waals surface area contributed by atoms with Crippen molar-refractivity contribution in [2.24, 2.45) is 0 Å². The van der Waals surface area contributed by atoms with E-state index in [1.165, 1.54) is 17.9 Å². The van der Waals surface area contributed by atoms with E-state index >= 15 is 0 Å². The van der Waals surface area contributed by atoms with Crippen molar-refractivity contribution >= 4 is 45.3 Å². The second kappa shape index (κ2) is 7.42. The molecule has 0 spiro atoms. The SMILES string of the molecule is Nc1ncnc2c1c(-c1cnc3ccccc3c1)c1n2C[C@@H](NC(=O)C=CCl)CC1. The lowest BCUT2D eigenvalue weighted by Crippen LogP contribution is -2.40. The minimum absolute atomic E-state index is 0.0211. The quantitative estimate of drug-likeness (QED) is 0.497. The summed E-state index contributed by atoms with van der Waals surface area (Å²) in [5.74, 6) is 0.235. The van der Waals surface area contributed by atoms with Crippen molar-refractivity contribution in [3.8, 4) is 11.1 Å². The molecule has 150 valence electrons. The summed E-state index contributed by atoms with van der Waals surface area (Å²) in [6.07, 6.45) is 6.25. The molecule has 7 nitrogen and oxygen atoms in total. The number of nitrogen functional groups attached to an aromatic ring is 1. The molecule has 1 aromatic carbocycles. The van der Waals surface area contributed by atoms with Gasteiger partial charge in [0.1, 0.15) is 17.8 Å². The summed E-state index contributed by atoms with van der Waals surface area (Å²) in [5.41, 5.74) is 12.4. The second-order valence-electron chi connectivity index (χ2n) is 7.34. The summed E-state index contributed by atoms with van der Waals surface area (Å²) in [5, 5.41) is 4.89. The Morgan fingerprint density at radius 1 is 1.27 bits per heavy atom. The van der Waals surface area contributed by atoms with Crippen molar-refractivity contribution in [1.82, 2.24) is 24.8 Å². The van der Waals surface area contributed by atoms with Crippen LogP contribution in [0.5, 0.6) is 0 Å². The third-order valence-corrected chi connectivity index (χ3v) is 5.68. The summed E-state index contributed by atoms with van der Waals surface area (Å²) in [6, 6.07) is 10.1. The molecule has 0 unspecified atom stereocenters. The molecule has 0 radical (unpaired) electrons. The standard InChI is InChI=1S/C22H19ClN6O/c23-8-7-18(30)28-15-5-6-17-19(14-9-13-3-1-2-4-16(13)25-10-14)20-21(24)26-12-27-22(20)29(17)11-15/h1-4,7-10,12,15H,5-6,11H2,(H,28,30)(H2,24,26,27)/t15-/m0/s1. The molecular formula is C22H19ClN6O. The predicted molar refractivity (Wildman–Crippen MR) is 118 cm³/mol.